The molecule has 1 aliphatic carbocycles. The van der Waals surface area contributed by atoms with E-state index in [1.54, 1.807) is 24.3 Å². The molecule has 1 saturated carbocycles. The van der Waals surface area contributed by atoms with Crippen molar-refractivity contribution >= 4 is 24.1 Å². The number of aromatic nitrogens is 4. The normalized spacial score (nSPS) is 17.2. The van der Waals surface area contributed by atoms with E-state index in [1.807, 2.05) is 20.8 Å². The number of H-pyrrole nitrogens is 1. The van der Waals surface area contributed by atoms with Crippen molar-refractivity contribution in [3.8, 4) is 17.0 Å². The smallest absolute Gasteiger partial charge is 0.407 e. The van der Waals surface area contributed by atoms with E-state index in [0.717, 1.165) is 18.5 Å². The first-order chi connectivity index (χ1) is 17.3. The fourth-order valence-electron chi connectivity index (χ4n) is 4.41. The quantitative estimate of drug-likeness (QED) is 0.347. The summed E-state index contributed by atoms with van der Waals surface area (Å²) in [5.74, 6) is -0.0447. The highest BCUT2D eigenvalue weighted by Crippen LogP contribution is 2.36. The maximum Gasteiger partial charge on any atom is 0.407 e. The molecule has 2 atom stereocenters. The Balaban J connectivity index is 1.44. The first kappa shape index (κ1) is 25.0. The Morgan fingerprint density at radius 1 is 1.31 bits per heavy atom. The number of aldehydes is 1. The van der Waals surface area contributed by atoms with Gasteiger partial charge in [0.05, 0.1) is 11.3 Å². The van der Waals surface area contributed by atoms with Gasteiger partial charge >= 0.3 is 6.09 Å². The van der Waals surface area contributed by atoms with Crippen molar-refractivity contribution in [1.82, 2.24) is 25.3 Å². The Kier molecular flexibility index (Phi) is 7.37. The number of hydrogen-bond donors (Lipinski definition) is 4. The number of nitrogens with zero attached hydrogens (tertiary/aromatic N) is 3. The second kappa shape index (κ2) is 10.6. The zero-order chi connectivity index (χ0) is 25.8. The van der Waals surface area contributed by atoms with Gasteiger partial charge in [0.25, 0.3) is 5.91 Å². The molecule has 1 aliphatic rings. The van der Waals surface area contributed by atoms with Gasteiger partial charge in [-0.3, -0.25) is 19.4 Å². The van der Waals surface area contributed by atoms with Crippen LogP contribution in [-0.2, 0) is 11.3 Å². The van der Waals surface area contributed by atoms with Gasteiger partial charge in [0.15, 0.2) is 12.1 Å². The molecule has 3 aromatic rings. The van der Waals surface area contributed by atoms with Crippen LogP contribution < -0.4 is 10.6 Å². The number of hydrogen-bond acceptors (Lipinski definition) is 7. The summed E-state index contributed by atoms with van der Waals surface area (Å²) in [6.45, 7) is 6.03. The summed E-state index contributed by atoms with van der Waals surface area (Å²) < 4.78 is 7.02. The van der Waals surface area contributed by atoms with Gasteiger partial charge in [-0.2, -0.15) is 10.2 Å². The molecule has 36 heavy (non-hydrogen) atoms. The molecule has 2 aromatic heterocycles. The summed E-state index contributed by atoms with van der Waals surface area (Å²) in [6.07, 6.45) is 2.26. The Labute approximate surface area is 208 Å². The molecule has 4 rings (SSSR count). The molecule has 11 heteroatoms. The number of phenolic OH excluding ortho intramolecular Hbond substituents is 1. The molecule has 0 aliphatic heterocycles. The van der Waals surface area contributed by atoms with Gasteiger partial charge in [-0.25, -0.2) is 4.79 Å². The largest absolute Gasteiger partial charge is 0.507 e. The predicted molar refractivity (Wildman–Crippen MR) is 132 cm³/mol. The number of benzene rings is 1. The summed E-state index contributed by atoms with van der Waals surface area (Å²) in [4.78, 5) is 36.4. The maximum absolute atomic E-state index is 13.0. The van der Waals surface area contributed by atoms with Crippen LogP contribution in [0.2, 0.25) is 0 Å². The van der Waals surface area contributed by atoms with E-state index in [9.17, 15) is 19.5 Å². The predicted octanol–water partition coefficient (Wildman–Crippen LogP) is 3.83. The summed E-state index contributed by atoms with van der Waals surface area (Å²) in [5, 5.41) is 27.2. The zero-order valence-electron chi connectivity index (χ0n) is 20.4. The molecule has 11 nitrogen and oxygen atoms in total. The van der Waals surface area contributed by atoms with Crippen molar-refractivity contribution in [2.75, 3.05) is 5.32 Å². The molecule has 2 unspecified atom stereocenters. The Morgan fingerprint density at radius 3 is 2.83 bits per heavy atom. The molecular formula is C25H30N6O5. The molecule has 0 bridgehead atoms. The lowest BCUT2D eigenvalue weighted by Gasteiger charge is -2.14. The van der Waals surface area contributed by atoms with Crippen LogP contribution in [0.5, 0.6) is 5.75 Å². The molecule has 1 aromatic carbocycles. The number of ether oxygens (including phenoxy) is 1. The maximum atomic E-state index is 13.0. The van der Waals surface area contributed by atoms with E-state index in [4.69, 9.17) is 4.74 Å². The van der Waals surface area contributed by atoms with Crippen LogP contribution in [0.25, 0.3) is 11.3 Å². The van der Waals surface area contributed by atoms with E-state index in [0.29, 0.717) is 42.0 Å². The number of nitrogens with one attached hydrogen (secondary N) is 3. The Hall–Kier alpha value is -4.15. The SMILES string of the molecule is CCn1nc(-c2cccc(O)c2C=O)cc1C(=O)Nc1cc(C2CCC(OC(=O)NC(C)C)C2)[nH]n1. The molecule has 2 heterocycles. The number of aryl methyl sites for hydroxylation is 1. The highest BCUT2D eigenvalue weighted by molar-refractivity contribution is 6.03. The minimum absolute atomic E-state index is 0.0143. The summed E-state index contributed by atoms with van der Waals surface area (Å²) >= 11 is 0. The lowest BCUT2D eigenvalue weighted by atomic mass is 10.0. The Bertz CT molecular complexity index is 1260. The lowest BCUT2D eigenvalue weighted by Crippen LogP contribution is -2.33. The third kappa shape index (κ3) is 5.40. The molecule has 190 valence electrons. The second-order valence-corrected chi connectivity index (χ2v) is 9.09. The number of aromatic hydroxyl groups is 1. The number of phenols is 1. The number of rotatable bonds is 8. The average molecular weight is 495 g/mol. The van der Waals surface area contributed by atoms with Crippen LogP contribution in [0.1, 0.15) is 72.5 Å². The average Bonchev–Trinajstić information content (AvgIpc) is 3.57. The van der Waals surface area contributed by atoms with E-state index in [1.165, 1.54) is 10.7 Å². The molecular weight excluding hydrogens is 464 g/mol. The van der Waals surface area contributed by atoms with Gasteiger partial charge in [0.2, 0.25) is 0 Å². The summed E-state index contributed by atoms with van der Waals surface area (Å²) in [7, 11) is 0. The molecule has 4 N–H and O–H groups in total. The molecule has 0 radical (unpaired) electrons. The monoisotopic (exact) mass is 494 g/mol. The summed E-state index contributed by atoms with van der Waals surface area (Å²) in [6, 6.07) is 8.08. The first-order valence-electron chi connectivity index (χ1n) is 12.0. The first-order valence-corrected chi connectivity index (χ1v) is 12.0. The fraction of sp³-hybridized carbons (Fsp3) is 0.400. The van der Waals surface area contributed by atoms with Crippen molar-refractivity contribution in [2.45, 2.75) is 64.6 Å². The molecule has 2 amide bonds. The second-order valence-electron chi connectivity index (χ2n) is 9.09. The van der Waals surface area contributed by atoms with Gasteiger partial charge in [-0.05, 0) is 52.2 Å². The van der Waals surface area contributed by atoms with Gasteiger partial charge in [0.1, 0.15) is 17.5 Å². The zero-order valence-corrected chi connectivity index (χ0v) is 20.4. The van der Waals surface area contributed by atoms with Gasteiger partial charge in [0, 0.05) is 35.8 Å². The minimum Gasteiger partial charge on any atom is -0.507 e. The van der Waals surface area contributed by atoms with E-state index >= 15 is 0 Å². The van der Waals surface area contributed by atoms with Crippen LogP contribution in [0.3, 0.4) is 0 Å². The number of amides is 2. The number of anilines is 1. The highest BCUT2D eigenvalue weighted by atomic mass is 16.6. The van der Waals surface area contributed by atoms with Crippen LogP contribution in [0, 0.1) is 0 Å². The number of aromatic amines is 1. The number of carbonyl (C=O) groups is 3. The molecule has 1 fully saturated rings. The minimum atomic E-state index is -0.411. The third-order valence-electron chi connectivity index (χ3n) is 6.13. The molecule has 0 saturated heterocycles. The van der Waals surface area contributed by atoms with Crippen molar-refractivity contribution in [3.05, 3.63) is 47.3 Å². The lowest BCUT2D eigenvalue weighted by molar-refractivity contribution is 0.0979. The van der Waals surface area contributed by atoms with Crippen molar-refractivity contribution in [3.63, 3.8) is 0 Å². The van der Waals surface area contributed by atoms with Crippen molar-refractivity contribution < 1.29 is 24.2 Å². The van der Waals surface area contributed by atoms with Crippen LogP contribution in [0.15, 0.2) is 30.3 Å². The number of alkyl carbamates (subject to hydrolysis) is 1. The third-order valence-corrected chi connectivity index (χ3v) is 6.13. The number of carbonyl (C=O) groups excluding carboxylic acids is 3. The standard InChI is InChI=1S/C25H30N6O5/c1-4-31-21(11-20(30-31)17-6-5-7-22(33)18(17)13-32)24(34)27-23-12-19(28-29-23)15-8-9-16(10-15)36-25(35)26-14(2)3/h5-7,11-16,33H,4,8-10H2,1-3H3,(H,26,35)(H2,27,28,29,34). The van der Waals surface area contributed by atoms with E-state index < -0.39 is 12.0 Å². The van der Waals surface area contributed by atoms with Crippen molar-refractivity contribution in [1.29, 1.82) is 0 Å². The van der Waals surface area contributed by atoms with E-state index in [-0.39, 0.29) is 29.4 Å². The van der Waals surface area contributed by atoms with Crippen LogP contribution in [-0.4, -0.2) is 55.5 Å². The molecule has 0 spiro atoms. The van der Waals surface area contributed by atoms with Gasteiger partial charge in [-0.1, -0.05) is 12.1 Å². The topological polar surface area (TPSA) is 151 Å². The Morgan fingerprint density at radius 2 is 2.11 bits per heavy atom. The highest BCUT2D eigenvalue weighted by Gasteiger charge is 2.30. The van der Waals surface area contributed by atoms with Crippen molar-refractivity contribution in [2.24, 2.45) is 0 Å². The van der Waals surface area contributed by atoms with Gasteiger partial charge < -0.3 is 20.5 Å². The fourth-order valence-corrected chi connectivity index (χ4v) is 4.41. The van der Waals surface area contributed by atoms with Gasteiger partial charge in [-0.15, -0.1) is 0 Å². The summed E-state index contributed by atoms with van der Waals surface area (Å²) in [5.41, 5.74) is 2.11. The van der Waals surface area contributed by atoms with Crippen LogP contribution >= 0.6 is 0 Å². The van der Waals surface area contributed by atoms with Crippen LogP contribution in [0.4, 0.5) is 10.6 Å². The van der Waals surface area contributed by atoms with E-state index in [2.05, 4.69) is 25.9 Å².